The van der Waals surface area contributed by atoms with Gasteiger partial charge in [-0.3, -0.25) is 9.59 Å². The van der Waals surface area contributed by atoms with Gasteiger partial charge in [0, 0.05) is 10.7 Å². The summed E-state index contributed by atoms with van der Waals surface area (Å²) in [6.45, 7) is 3.84. The summed E-state index contributed by atoms with van der Waals surface area (Å²) in [5, 5.41) is 3.49. The highest BCUT2D eigenvalue weighted by Crippen LogP contribution is 2.39. The van der Waals surface area contributed by atoms with Crippen LogP contribution in [0.15, 0.2) is 66.4 Å². The van der Waals surface area contributed by atoms with Crippen molar-refractivity contribution in [1.82, 2.24) is 0 Å². The molecule has 7 heteroatoms. The van der Waals surface area contributed by atoms with Gasteiger partial charge in [0.25, 0.3) is 11.8 Å². The molecule has 0 aliphatic carbocycles. The van der Waals surface area contributed by atoms with E-state index < -0.39 is 17.6 Å². The van der Waals surface area contributed by atoms with Gasteiger partial charge >= 0.3 is 0 Å². The van der Waals surface area contributed by atoms with E-state index in [0.29, 0.717) is 22.0 Å². The van der Waals surface area contributed by atoms with Gasteiger partial charge < -0.3 is 10.1 Å². The van der Waals surface area contributed by atoms with Crippen LogP contribution < -0.4 is 15.0 Å². The number of amides is 2. The Labute approximate surface area is 190 Å². The molecule has 0 saturated heterocycles. The van der Waals surface area contributed by atoms with Crippen LogP contribution in [-0.2, 0) is 9.59 Å². The summed E-state index contributed by atoms with van der Waals surface area (Å²) < 4.78 is 18.9. The second kappa shape index (κ2) is 8.48. The van der Waals surface area contributed by atoms with Crippen molar-refractivity contribution in [2.45, 2.75) is 13.8 Å². The molecule has 1 N–H and O–H groups in total. The molecule has 0 fully saturated rings. The summed E-state index contributed by atoms with van der Waals surface area (Å²) in [7, 11) is 1.45. The number of nitrogens with one attached hydrogen (secondary N) is 1. The summed E-state index contributed by atoms with van der Waals surface area (Å²) in [6, 6.07) is 15.9. The Hall–Kier alpha value is -3.64. The van der Waals surface area contributed by atoms with Gasteiger partial charge in [-0.05, 0) is 66.9 Å². The summed E-state index contributed by atoms with van der Waals surface area (Å²) >= 11 is 6.15. The van der Waals surface area contributed by atoms with Crippen molar-refractivity contribution in [2.75, 3.05) is 17.3 Å². The number of rotatable bonds is 5. The average Bonchev–Trinajstić information content (AvgIpc) is 3.00. The standard InChI is InChI=1S/C25H20ClFN2O3/c1-14-4-5-15(2)19(12-14)28-23-22(16-6-9-18(27)10-7-16)24(30)29(25(23)31)20-13-17(26)8-11-21(20)32-3/h4-13,28H,1-3H3. The van der Waals surface area contributed by atoms with Gasteiger partial charge in [-0.1, -0.05) is 35.9 Å². The van der Waals surface area contributed by atoms with Crippen LogP contribution in [-0.4, -0.2) is 18.9 Å². The smallest absolute Gasteiger partial charge is 0.282 e. The zero-order chi connectivity index (χ0) is 23.0. The van der Waals surface area contributed by atoms with Gasteiger partial charge in [0.2, 0.25) is 0 Å². The molecule has 3 aromatic carbocycles. The first-order valence-corrected chi connectivity index (χ1v) is 10.2. The van der Waals surface area contributed by atoms with Gasteiger partial charge in [-0.2, -0.15) is 0 Å². The maximum atomic E-state index is 13.6. The van der Waals surface area contributed by atoms with E-state index in [0.717, 1.165) is 16.0 Å². The first-order valence-electron chi connectivity index (χ1n) is 9.87. The SMILES string of the molecule is COc1ccc(Cl)cc1N1C(=O)C(Nc2cc(C)ccc2C)=C(c2ccc(F)cc2)C1=O. The Bertz CT molecular complexity index is 1270. The molecule has 0 aromatic heterocycles. The fourth-order valence-electron chi connectivity index (χ4n) is 3.59. The third-order valence-electron chi connectivity index (χ3n) is 5.25. The second-order valence-corrected chi connectivity index (χ2v) is 7.90. The van der Waals surface area contributed by atoms with Gasteiger partial charge in [-0.25, -0.2) is 9.29 Å². The molecule has 162 valence electrons. The van der Waals surface area contributed by atoms with Crippen LogP contribution in [0.25, 0.3) is 5.57 Å². The van der Waals surface area contributed by atoms with E-state index in [9.17, 15) is 14.0 Å². The molecule has 0 bridgehead atoms. The number of halogens is 2. The number of hydrogen-bond donors (Lipinski definition) is 1. The Morgan fingerprint density at radius 1 is 0.938 bits per heavy atom. The summed E-state index contributed by atoms with van der Waals surface area (Å²) in [5.41, 5.74) is 3.47. The summed E-state index contributed by atoms with van der Waals surface area (Å²) in [6.07, 6.45) is 0. The number of anilines is 2. The number of methoxy groups -OCH3 is 1. The van der Waals surface area contributed by atoms with E-state index in [1.54, 1.807) is 12.1 Å². The van der Waals surface area contributed by atoms with Crippen molar-refractivity contribution in [3.05, 3.63) is 93.9 Å². The third-order valence-corrected chi connectivity index (χ3v) is 5.49. The maximum Gasteiger partial charge on any atom is 0.282 e. The highest BCUT2D eigenvalue weighted by atomic mass is 35.5. The van der Waals surface area contributed by atoms with Crippen molar-refractivity contribution in [1.29, 1.82) is 0 Å². The molecule has 4 rings (SSSR count). The van der Waals surface area contributed by atoms with Crippen molar-refractivity contribution < 1.29 is 18.7 Å². The zero-order valence-electron chi connectivity index (χ0n) is 17.7. The van der Waals surface area contributed by atoms with Crippen LogP contribution in [0.5, 0.6) is 5.75 Å². The lowest BCUT2D eigenvalue weighted by atomic mass is 10.0. The van der Waals surface area contributed by atoms with E-state index in [4.69, 9.17) is 16.3 Å². The van der Waals surface area contributed by atoms with Crippen molar-refractivity contribution in [2.24, 2.45) is 0 Å². The van der Waals surface area contributed by atoms with Crippen molar-refractivity contribution in [3.8, 4) is 5.75 Å². The molecular formula is C25H20ClFN2O3. The molecule has 0 unspecified atom stereocenters. The van der Waals surface area contributed by atoms with Crippen LogP contribution in [0.1, 0.15) is 16.7 Å². The number of aryl methyl sites for hydroxylation is 2. The average molecular weight is 451 g/mol. The maximum absolute atomic E-state index is 13.6. The summed E-state index contributed by atoms with van der Waals surface area (Å²) in [5.74, 6) is -1.24. The monoisotopic (exact) mass is 450 g/mol. The first kappa shape index (κ1) is 21.6. The molecule has 5 nitrogen and oxygen atoms in total. The van der Waals surface area contributed by atoms with Gasteiger partial charge in [0.05, 0.1) is 18.4 Å². The molecule has 1 aliphatic heterocycles. The number of carbonyl (C=O) groups excluding carboxylic acids is 2. The number of hydrogen-bond acceptors (Lipinski definition) is 4. The van der Waals surface area contributed by atoms with Crippen LogP contribution >= 0.6 is 11.6 Å². The quantitative estimate of drug-likeness (QED) is 0.521. The number of benzene rings is 3. The van der Waals surface area contributed by atoms with Gasteiger partial charge in [-0.15, -0.1) is 0 Å². The van der Waals surface area contributed by atoms with Crippen LogP contribution in [0, 0.1) is 19.7 Å². The minimum absolute atomic E-state index is 0.0948. The molecule has 3 aromatic rings. The molecule has 0 radical (unpaired) electrons. The largest absolute Gasteiger partial charge is 0.495 e. The number of imide groups is 1. The second-order valence-electron chi connectivity index (χ2n) is 7.46. The van der Waals surface area contributed by atoms with Crippen molar-refractivity contribution in [3.63, 3.8) is 0 Å². The molecule has 2 amide bonds. The third kappa shape index (κ3) is 3.85. The molecule has 32 heavy (non-hydrogen) atoms. The predicted octanol–water partition coefficient (Wildman–Crippen LogP) is 5.50. The van der Waals surface area contributed by atoms with Gasteiger partial charge in [0.15, 0.2) is 0 Å². The normalized spacial score (nSPS) is 13.7. The lowest BCUT2D eigenvalue weighted by molar-refractivity contribution is -0.120. The Kier molecular flexibility index (Phi) is 5.72. The molecule has 0 saturated carbocycles. The Balaban J connectivity index is 1.88. The summed E-state index contributed by atoms with van der Waals surface area (Å²) in [4.78, 5) is 28.1. The lowest BCUT2D eigenvalue weighted by Gasteiger charge is -2.19. The Morgan fingerprint density at radius 3 is 2.34 bits per heavy atom. The van der Waals surface area contributed by atoms with Crippen LogP contribution in [0.2, 0.25) is 5.02 Å². The Morgan fingerprint density at radius 2 is 1.66 bits per heavy atom. The van der Waals surface area contributed by atoms with E-state index >= 15 is 0 Å². The fraction of sp³-hybridized carbons (Fsp3) is 0.120. The topological polar surface area (TPSA) is 58.6 Å². The number of nitrogens with zero attached hydrogens (tertiary/aromatic N) is 1. The minimum atomic E-state index is -0.560. The van der Waals surface area contributed by atoms with Crippen LogP contribution in [0.4, 0.5) is 15.8 Å². The van der Waals surface area contributed by atoms with E-state index in [1.165, 1.54) is 37.4 Å². The molecular weight excluding hydrogens is 431 g/mol. The van der Waals surface area contributed by atoms with E-state index in [2.05, 4.69) is 5.32 Å². The van der Waals surface area contributed by atoms with Crippen LogP contribution in [0.3, 0.4) is 0 Å². The highest BCUT2D eigenvalue weighted by molar-refractivity contribution is 6.46. The molecule has 0 spiro atoms. The van der Waals surface area contributed by atoms with E-state index in [-0.39, 0.29) is 17.0 Å². The highest BCUT2D eigenvalue weighted by Gasteiger charge is 2.41. The molecule has 1 heterocycles. The van der Waals surface area contributed by atoms with Gasteiger partial charge in [0.1, 0.15) is 17.3 Å². The lowest BCUT2D eigenvalue weighted by Crippen LogP contribution is -2.32. The predicted molar refractivity (Wildman–Crippen MR) is 123 cm³/mol. The molecule has 1 aliphatic rings. The molecule has 0 atom stereocenters. The number of carbonyl (C=O) groups is 2. The first-order chi connectivity index (χ1) is 15.3. The van der Waals surface area contributed by atoms with Crippen molar-refractivity contribution >= 4 is 40.4 Å². The fourth-order valence-corrected chi connectivity index (χ4v) is 3.76. The number of ether oxygens (including phenoxy) is 1. The van der Waals surface area contributed by atoms with E-state index in [1.807, 2.05) is 32.0 Å². The minimum Gasteiger partial charge on any atom is -0.495 e. The zero-order valence-corrected chi connectivity index (χ0v) is 18.5.